The van der Waals surface area contributed by atoms with E-state index in [0.717, 1.165) is 54.4 Å². The van der Waals surface area contributed by atoms with Crippen LogP contribution in [0.4, 0.5) is 25.3 Å². The summed E-state index contributed by atoms with van der Waals surface area (Å²) in [5.41, 5.74) is 2.85. The van der Waals surface area contributed by atoms with Gasteiger partial charge in [0, 0.05) is 18.3 Å². The Balaban J connectivity index is 1.56. The fourth-order valence-corrected chi connectivity index (χ4v) is 3.84. The zero-order valence-corrected chi connectivity index (χ0v) is 16.8. The number of nitrogens with zero attached hydrogens (tertiary/aromatic N) is 3. The van der Waals surface area contributed by atoms with Crippen LogP contribution >= 0.6 is 11.5 Å². The van der Waals surface area contributed by atoms with Crippen LogP contribution in [0, 0.1) is 18.6 Å². The van der Waals surface area contributed by atoms with Gasteiger partial charge < -0.3 is 16.0 Å². The van der Waals surface area contributed by atoms with Crippen molar-refractivity contribution in [3.8, 4) is 0 Å². The molecule has 30 heavy (non-hydrogen) atoms. The summed E-state index contributed by atoms with van der Waals surface area (Å²) in [7, 11) is 0. The smallest absolute Gasteiger partial charge is 0.260 e. The number of amides is 1. The number of aryl methyl sites for hydroxylation is 1. The summed E-state index contributed by atoms with van der Waals surface area (Å²) in [5, 5.41) is 9.41. The van der Waals surface area contributed by atoms with Crippen LogP contribution in [0.2, 0.25) is 0 Å². The maximum Gasteiger partial charge on any atom is 0.260 e. The van der Waals surface area contributed by atoms with Gasteiger partial charge in [-0.2, -0.15) is 4.37 Å². The van der Waals surface area contributed by atoms with Gasteiger partial charge >= 0.3 is 0 Å². The highest BCUT2D eigenvalue weighted by atomic mass is 32.1. The van der Waals surface area contributed by atoms with Crippen molar-refractivity contribution in [2.75, 3.05) is 23.7 Å². The lowest BCUT2D eigenvalue weighted by Crippen LogP contribution is -2.20. The van der Waals surface area contributed by atoms with Crippen molar-refractivity contribution in [1.29, 1.82) is 0 Å². The first kappa shape index (κ1) is 20.0. The zero-order chi connectivity index (χ0) is 21.1. The molecule has 4 rings (SSSR count). The lowest BCUT2D eigenvalue weighted by Gasteiger charge is -2.14. The predicted octanol–water partition coefficient (Wildman–Crippen LogP) is 3.89. The van der Waals surface area contributed by atoms with Crippen LogP contribution in [0.25, 0.3) is 5.57 Å². The third kappa shape index (κ3) is 4.34. The summed E-state index contributed by atoms with van der Waals surface area (Å²) in [5.74, 6) is -2.02. The van der Waals surface area contributed by atoms with E-state index in [-0.39, 0.29) is 5.69 Å². The fraction of sp³-hybridized carbons (Fsp3) is 0.200. The number of nitrogens with one attached hydrogen (secondary N) is 3. The molecule has 3 heterocycles. The summed E-state index contributed by atoms with van der Waals surface area (Å²) >= 11 is 1.11. The van der Waals surface area contributed by atoms with Crippen molar-refractivity contribution >= 4 is 39.5 Å². The number of hydrogen-bond donors (Lipinski definition) is 3. The molecule has 0 aliphatic carbocycles. The number of aromatic nitrogens is 3. The Morgan fingerprint density at radius 3 is 2.87 bits per heavy atom. The highest BCUT2D eigenvalue weighted by Gasteiger charge is 2.20. The second-order valence-corrected chi connectivity index (χ2v) is 7.43. The van der Waals surface area contributed by atoms with Gasteiger partial charge in [-0.15, -0.1) is 0 Å². The normalized spacial score (nSPS) is 13.6. The van der Waals surface area contributed by atoms with E-state index in [2.05, 4.69) is 36.4 Å². The van der Waals surface area contributed by atoms with Crippen LogP contribution in [0.15, 0.2) is 36.7 Å². The first-order valence-electron chi connectivity index (χ1n) is 9.23. The highest BCUT2D eigenvalue weighted by molar-refractivity contribution is 7.10. The van der Waals surface area contributed by atoms with Gasteiger partial charge in [-0.1, -0.05) is 6.08 Å². The summed E-state index contributed by atoms with van der Waals surface area (Å²) in [6.07, 6.45) is 6.21. The van der Waals surface area contributed by atoms with E-state index >= 15 is 0 Å². The Labute approximate surface area is 175 Å². The van der Waals surface area contributed by atoms with E-state index in [0.29, 0.717) is 22.1 Å². The summed E-state index contributed by atoms with van der Waals surface area (Å²) in [4.78, 5) is 21.6. The van der Waals surface area contributed by atoms with Gasteiger partial charge in [0.05, 0.1) is 29.3 Å². The lowest BCUT2D eigenvalue weighted by atomic mass is 10.1. The quantitative estimate of drug-likeness (QED) is 0.571. The molecule has 0 saturated heterocycles. The molecular weight excluding hydrogens is 410 g/mol. The van der Waals surface area contributed by atoms with Gasteiger partial charge in [0.1, 0.15) is 10.8 Å². The number of halogens is 2. The predicted molar refractivity (Wildman–Crippen MR) is 112 cm³/mol. The second kappa shape index (κ2) is 8.64. The molecule has 1 aliphatic heterocycles. The first-order valence-corrected chi connectivity index (χ1v) is 10.0. The number of benzene rings is 1. The molecule has 10 heteroatoms. The number of hydrogen-bond acceptors (Lipinski definition) is 7. The van der Waals surface area contributed by atoms with Crippen LogP contribution in [0.3, 0.4) is 0 Å². The monoisotopic (exact) mass is 428 g/mol. The number of carbonyl (C=O) groups excluding carboxylic acids is 1. The number of anilines is 3. The third-order valence-electron chi connectivity index (χ3n) is 4.54. The van der Waals surface area contributed by atoms with Gasteiger partial charge in [0.15, 0.2) is 11.6 Å². The maximum atomic E-state index is 13.4. The Kier molecular flexibility index (Phi) is 5.77. The minimum Gasteiger partial charge on any atom is -0.329 e. The molecule has 3 aromatic rings. The number of rotatable bonds is 5. The van der Waals surface area contributed by atoms with E-state index in [1.54, 1.807) is 19.3 Å². The molecule has 154 valence electrons. The Hall–Kier alpha value is -3.24. The van der Waals surface area contributed by atoms with Gasteiger partial charge in [0.25, 0.3) is 5.91 Å². The topological polar surface area (TPSA) is 91.8 Å². The molecule has 1 amide bonds. The zero-order valence-electron chi connectivity index (χ0n) is 16.0. The van der Waals surface area contributed by atoms with Crippen LogP contribution in [-0.2, 0) is 0 Å². The van der Waals surface area contributed by atoms with Crippen LogP contribution in [-0.4, -0.2) is 33.3 Å². The van der Waals surface area contributed by atoms with Crippen molar-refractivity contribution in [2.24, 2.45) is 0 Å². The molecular formula is C20H18F2N6OS. The maximum absolute atomic E-state index is 13.4. The first-order chi connectivity index (χ1) is 14.5. The van der Waals surface area contributed by atoms with E-state index in [4.69, 9.17) is 0 Å². The third-order valence-corrected chi connectivity index (χ3v) is 5.39. The molecule has 0 unspecified atom stereocenters. The van der Waals surface area contributed by atoms with Gasteiger partial charge in [-0.05, 0) is 49.1 Å². The SMILES string of the molecule is Cc1nsc(Nc2cncc(C3=CCNCC3)n2)c1C(=O)Nc1ccc(F)c(F)c1. The van der Waals surface area contributed by atoms with Crippen LogP contribution in [0.1, 0.15) is 28.2 Å². The van der Waals surface area contributed by atoms with Gasteiger partial charge in [-0.25, -0.2) is 13.8 Å². The highest BCUT2D eigenvalue weighted by Crippen LogP contribution is 2.29. The second-order valence-electron chi connectivity index (χ2n) is 6.65. The minimum absolute atomic E-state index is 0.148. The molecule has 0 spiro atoms. The van der Waals surface area contributed by atoms with Gasteiger partial charge in [-0.3, -0.25) is 9.78 Å². The molecule has 7 nitrogen and oxygen atoms in total. The van der Waals surface area contributed by atoms with E-state index in [9.17, 15) is 13.6 Å². The van der Waals surface area contributed by atoms with Crippen LogP contribution in [0.5, 0.6) is 0 Å². The molecule has 0 radical (unpaired) electrons. The van der Waals surface area contributed by atoms with Crippen molar-refractivity contribution in [2.45, 2.75) is 13.3 Å². The molecule has 0 bridgehead atoms. The molecule has 2 aromatic heterocycles. The largest absolute Gasteiger partial charge is 0.329 e. The van der Waals surface area contributed by atoms with E-state index in [1.165, 1.54) is 6.07 Å². The standard InChI is InChI=1S/C20H18F2N6OS/c1-11-18(19(29)25-13-2-3-14(21)15(22)8-13)20(30-28-11)27-17-10-24-9-16(26-17)12-4-6-23-7-5-12/h2-4,8-10,23H,5-7H2,1H3,(H,25,29)(H,26,27). The molecule has 1 aromatic carbocycles. The van der Waals surface area contributed by atoms with Crippen molar-refractivity contribution in [3.05, 3.63) is 65.3 Å². The minimum atomic E-state index is -1.04. The number of carbonyl (C=O) groups is 1. The molecule has 1 aliphatic rings. The molecule has 0 fully saturated rings. The van der Waals surface area contributed by atoms with Crippen molar-refractivity contribution < 1.29 is 13.6 Å². The molecule has 0 atom stereocenters. The van der Waals surface area contributed by atoms with Crippen LogP contribution < -0.4 is 16.0 Å². The summed E-state index contributed by atoms with van der Waals surface area (Å²) < 4.78 is 30.8. The molecule has 3 N–H and O–H groups in total. The Bertz CT molecular complexity index is 1130. The van der Waals surface area contributed by atoms with Crippen molar-refractivity contribution in [1.82, 2.24) is 19.7 Å². The summed E-state index contributed by atoms with van der Waals surface area (Å²) in [6.45, 7) is 3.37. The van der Waals surface area contributed by atoms with E-state index in [1.807, 2.05) is 0 Å². The Morgan fingerprint density at radius 1 is 1.23 bits per heavy atom. The van der Waals surface area contributed by atoms with Gasteiger partial charge in [0.2, 0.25) is 0 Å². The average molecular weight is 428 g/mol. The summed E-state index contributed by atoms with van der Waals surface area (Å²) in [6, 6.07) is 3.18. The average Bonchev–Trinajstić information content (AvgIpc) is 3.11. The lowest BCUT2D eigenvalue weighted by molar-refractivity contribution is 0.102. The van der Waals surface area contributed by atoms with E-state index < -0.39 is 17.5 Å². The molecule has 0 saturated carbocycles. The fourth-order valence-electron chi connectivity index (χ4n) is 3.04. The Morgan fingerprint density at radius 2 is 2.10 bits per heavy atom. The van der Waals surface area contributed by atoms with Crippen molar-refractivity contribution in [3.63, 3.8) is 0 Å².